The third-order valence-corrected chi connectivity index (χ3v) is 18.1. The van der Waals surface area contributed by atoms with E-state index in [0.717, 1.165) is 60.7 Å². The fourth-order valence-corrected chi connectivity index (χ4v) is 15.5. The summed E-state index contributed by atoms with van der Waals surface area (Å²) < 4.78 is 9.49. The minimum atomic E-state index is -2.99. The molecule has 0 spiro atoms. The van der Waals surface area contributed by atoms with Crippen molar-refractivity contribution in [3.63, 3.8) is 0 Å². The van der Waals surface area contributed by atoms with Gasteiger partial charge in [-0.1, -0.05) is 188 Å². The van der Waals surface area contributed by atoms with Crippen molar-refractivity contribution in [2.75, 3.05) is 0 Å². The summed E-state index contributed by atoms with van der Waals surface area (Å²) in [6, 6.07) is 82.4. The molecule has 4 heteroatoms. The number of benzene rings is 10. The highest BCUT2D eigenvalue weighted by molar-refractivity contribution is 7.20. The highest BCUT2D eigenvalue weighted by Crippen LogP contribution is 2.42. The van der Waals surface area contributed by atoms with Crippen LogP contribution in [-0.4, -0.2) is 17.6 Å². The topological polar surface area (TPSA) is 31.0 Å². The van der Waals surface area contributed by atoms with Gasteiger partial charge in [0.15, 0.2) is 13.7 Å². The molecule has 10 aromatic carbocycles. The summed E-state index contributed by atoms with van der Waals surface area (Å²) in [7, 11) is -2.99. The van der Waals surface area contributed by atoms with Crippen LogP contribution < -0.4 is 20.7 Å². The largest absolute Gasteiger partial charge is 0.453 e. The molecule has 13 aromatic rings. The Morgan fingerprint density at radius 2 is 0.873 bits per heavy atom. The molecule has 0 amide bonds. The number of furan rings is 1. The molecule has 0 fully saturated rings. The van der Waals surface area contributed by atoms with Crippen molar-refractivity contribution in [2.45, 2.75) is 0 Å². The Bertz CT molecular complexity index is 3830. The molecule has 294 valence electrons. The van der Waals surface area contributed by atoms with Gasteiger partial charge >= 0.3 is 0 Å². The number of fused-ring (bicyclic) bond motifs is 13. The molecule has 0 radical (unpaired) electrons. The zero-order chi connectivity index (χ0) is 41.5. The van der Waals surface area contributed by atoms with Crippen LogP contribution >= 0.6 is 0 Å². The Morgan fingerprint density at radius 1 is 0.349 bits per heavy atom. The third-order valence-electron chi connectivity index (χ3n) is 13.4. The number of rotatable bonds is 6. The van der Waals surface area contributed by atoms with E-state index in [9.17, 15) is 0 Å². The highest BCUT2D eigenvalue weighted by atomic mass is 28.3. The predicted molar refractivity (Wildman–Crippen MR) is 267 cm³/mol. The maximum absolute atomic E-state index is 7.15. The van der Waals surface area contributed by atoms with Gasteiger partial charge in [-0.05, 0) is 89.5 Å². The molecule has 0 unspecified atom stereocenters. The average Bonchev–Trinajstić information content (AvgIpc) is 3.91. The lowest BCUT2D eigenvalue weighted by molar-refractivity contribution is 0.672. The van der Waals surface area contributed by atoms with Gasteiger partial charge in [-0.25, -0.2) is 0 Å². The smallest absolute Gasteiger partial charge is 0.179 e. The van der Waals surface area contributed by atoms with E-state index >= 15 is 0 Å². The lowest BCUT2D eigenvalue weighted by Crippen LogP contribution is -2.74. The summed E-state index contributed by atoms with van der Waals surface area (Å²) in [6.45, 7) is 0. The normalized spacial score (nSPS) is 12.1. The van der Waals surface area contributed by atoms with Crippen LogP contribution in [0.2, 0.25) is 0 Å². The number of hydrogen-bond donors (Lipinski definition) is 0. The van der Waals surface area contributed by atoms with Gasteiger partial charge in [0.05, 0.1) is 16.4 Å². The highest BCUT2D eigenvalue weighted by Gasteiger charge is 2.42. The Morgan fingerprint density at radius 3 is 1.56 bits per heavy atom. The molecular formula is C59H38N2OSi. The van der Waals surface area contributed by atoms with Gasteiger partial charge in [0.25, 0.3) is 0 Å². The van der Waals surface area contributed by atoms with Crippen LogP contribution in [0.15, 0.2) is 235 Å². The summed E-state index contributed by atoms with van der Waals surface area (Å²) in [5.74, 6) is 0. The molecule has 0 aliphatic carbocycles. The van der Waals surface area contributed by atoms with Crippen LogP contribution in [0.3, 0.4) is 0 Å². The van der Waals surface area contributed by atoms with E-state index in [2.05, 4.69) is 229 Å². The zero-order valence-electron chi connectivity index (χ0n) is 34.2. The molecule has 3 heterocycles. The van der Waals surface area contributed by atoms with Crippen LogP contribution in [0.1, 0.15) is 0 Å². The third kappa shape index (κ3) is 5.22. The minimum Gasteiger partial charge on any atom is -0.453 e. The summed E-state index contributed by atoms with van der Waals surface area (Å²) in [5, 5.41) is 17.3. The zero-order valence-corrected chi connectivity index (χ0v) is 35.2. The first-order valence-corrected chi connectivity index (χ1v) is 23.6. The van der Waals surface area contributed by atoms with Gasteiger partial charge in [-0.3, -0.25) is 4.98 Å². The molecule has 0 saturated heterocycles. The molecule has 63 heavy (non-hydrogen) atoms. The molecule has 3 aromatic heterocycles. The van der Waals surface area contributed by atoms with Crippen molar-refractivity contribution in [3.05, 3.63) is 231 Å². The van der Waals surface area contributed by atoms with Gasteiger partial charge in [-0.2, -0.15) is 0 Å². The molecule has 0 aliphatic heterocycles. The Kier molecular flexibility index (Phi) is 7.93. The first-order chi connectivity index (χ1) is 31.3. The first-order valence-electron chi connectivity index (χ1n) is 21.6. The van der Waals surface area contributed by atoms with Crippen LogP contribution in [0, 0.1) is 0 Å². The fourth-order valence-electron chi connectivity index (χ4n) is 10.7. The standard InChI is InChI=1S/C59H38N2OSi/c1-4-18-40(19-5-1)61-54-30-15-14-29-52(54)56-55(61)34-33-50-51-35-36-60-57(59(51)62-58(50)56)39-17-16-24-43(37-39)63(41-20-6-2-7-21-41,42-22-8-3-9-23-42)44-31-32-49-47-27-11-10-25-45(47)46-26-12-13-28-48(46)53(49)38-44/h1-38H. The van der Waals surface area contributed by atoms with Crippen molar-refractivity contribution in [1.29, 1.82) is 0 Å². The molecular weight excluding hydrogens is 781 g/mol. The number of hydrogen-bond acceptors (Lipinski definition) is 2. The number of pyridine rings is 1. The maximum atomic E-state index is 7.15. The summed E-state index contributed by atoms with van der Waals surface area (Å²) in [5.41, 5.74) is 6.93. The van der Waals surface area contributed by atoms with Crippen LogP contribution in [0.25, 0.3) is 93.0 Å². The molecule has 0 bridgehead atoms. The van der Waals surface area contributed by atoms with E-state index in [1.807, 2.05) is 6.20 Å². The van der Waals surface area contributed by atoms with Gasteiger partial charge in [0, 0.05) is 33.6 Å². The van der Waals surface area contributed by atoms with Gasteiger partial charge in [0.2, 0.25) is 0 Å². The molecule has 0 saturated carbocycles. The second-order valence-corrected chi connectivity index (χ2v) is 20.4. The molecule has 0 N–H and O–H groups in total. The van der Waals surface area contributed by atoms with E-state index in [1.54, 1.807) is 0 Å². The van der Waals surface area contributed by atoms with Gasteiger partial charge in [-0.15, -0.1) is 0 Å². The molecule has 13 rings (SSSR count). The van der Waals surface area contributed by atoms with Crippen molar-refractivity contribution >= 4 is 105 Å². The lowest BCUT2D eigenvalue weighted by Gasteiger charge is -2.35. The van der Waals surface area contributed by atoms with E-state index < -0.39 is 8.07 Å². The number of nitrogens with zero attached hydrogens (tertiary/aromatic N) is 2. The fraction of sp³-hybridized carbons (Fsp3) is 0. The minimum absolute atomic E-state index is 0.796. The van der Waals surface area contributed by atoms with Crippen LogP contribution in [0.4, 0.5) is 0 Å². The van der Waals surface area contributed by atoms with Crippen molar-refractivity contribution in [1.82, 2.24) is 9.55 Å². The Balaban J connectivity index is 1.08. The van der Waals surface area contributed by atoms with E-state index in [4.69, 9.17) is 9.40 Å². The Labute approximate surface area is 364 Å². The van der Waals surface area contributed by atoms with Crippen LogP contribution in [-0.2, 0) is 0 Å². The van der Waals surface area contributed by atoms with Crippen LogP contribution in [0.5, 0.6) is 0 Å². The van der Waals surface area contributed by atoms with E-state index in [1.165, 1.54) is 53.1 Å². The Hall–Kier alpha value is -8.05. The number of aromatic nitrogens is 2. The second-order valence-electron chi connectivity index (χ2n) is 16.6. The van der Waals surface area contributed by atoms with Crippen molar-refractivity contribution in [2.24, 2.45) is 0 Å². The summed E-state index contributed by atoms with van der Waals surface area (Å²) >= 11 is 0. The molecule has 0 atom stereocenters. The van der Waals surface area contributed by atoms with E-state index in [0.29, 0.717) is 0 Å². The second kappa shape index (κ2) is 14.0. The number of para-hydroxylation sites is 2. The average molecular weight is 819 g/mol. The van der Waals surface area contributed by atoms with Gasteiger partial charge in [0.1, 0.15) is 11.3 Å². The SMILES string of the molecule is c1ccc(-n2c3ccccc3c3c4oc5c(-c6cccc([Si](c7ccccc7)(c7ccccc7)c7ccc8c9ccccc9c9ccccc9c8c7)c6)nccc5c4ccc32)cc1. The quantitative estimate of drug-likeness (QED) is 0.0951. The maximum Gasteiger partial charge on any atom is 0.179 e. The van der Waals surface area contributed by atoms with E-state index in [-0.39, 0.29) is 0 Å². The molecule has 0 aliphatic rings. The first kappa shape index (κ1) is 35.7. The molecule has 3 nitrogen and oxygen atoms in total. The monoisotopic (exact) mass is 818 g/mol. The van der Waals surface area contributed by atoms with Gasteiger partial charge < -0.3 is 8.98 Å². The summed E-state index contributed by atoms with van der Waals surface area (Å²) in [6.07, 6.45) is 1.94. The lowest BCUT2D eigenvalue weighted by atomic mass is 9.94. The van der Waals surface area contributed by atoms with Crippen molar-refractivity contribution in [3.8, 4) is 16.9 Å². The summed E-state index contributed by atoms with van der Waals surface area (Å²) in [4.78, 5) is 5.13. The predicted octanol–water partition coefficient (Wildman–Crippen LogP) is 12.6. The van der Waals surface area contributed by atoms with Crippen molar-refractivity contribution < 1.29 is 4.42 Å².